The molecule has 0 unspecified atom stereocenters. The average molecular weight is 258 g/mol. The fraction of sp³-hybridized carbons (Fsp3) is 0.467. The first-order valence-corrected chi connectivity index (χ1v) is 6.94. The van der Waals surface area contributed by atoms with Gasteiger partial charge in [-0.05, 0) is 37.9 Å². The van der Waals surface area contributed by atoms with Crippen molar-refractivity contribution in [2.45, 2.75) is 39.2 Å². The molecule has 0 aliphatic heterocycles. The van der Waals surface area contributed by atoms with Crippen molar-refractivity contribution in [3.63, 3.8) is 0 Å². The van der Waals surface area contributed by atoms with Gasteiger partial charge in [-0.3, -0.25) is 9.67 Å². The molecule has 0 bridgehead atoms. The summed E-state index contributed by atoms with van der Waals surface area (Å²) in [6.07, 6.45) is 12.5. The molecule has 0 amide bonds. The van der Waals surface area contributed by atoms with Crippen LogP contribution in [0.5, 0.6) is 0 Å². The Bertz CT molecular complexity index is 504. The first-order chi connectivity index (χ1) is 9.29. The highest BCUT2D eigenvalue weighted by Gasteiger charge is 2.02. The number of nitrogens with zero attached hydrogens (tertiary/aromatic N) is 3. The fourth-order valence-electron chi connectivity index (χ4n) is 2.12. The molecular weight excluding hydrogens is 236 g/mol. The van der Waals surface area contributed by atoms with Crippen LogP contribution in [0.1, 0.15) is 31.2 Å². The monoisotopic (exact) mass is 258 g/mol. The van der Waals surface area contributed by atoms with Gasteiger partial charge in [-0.1, -0.05) is 12.8 Å². The Morgan fingerprint density at radius 2 is 1.89 bits per heavy atom. The summed E-state index contributed by atoms with van der Waals surface area (Å²) in [5, 5.41) is 4.40. The fourth-order valence-corrected chi connectivity index (χ4v) is 2.12. The van der Waals surface area contributed by atoms with Gasteiger partial charge in [0.25, 0.3) is 0 Å². The maximum absolute atomic E-state index is 5.48. The van der Waals surface area contributed by atoms with E-state index >= 15 is 0 Å². The minimum atomic E-state index is 0.798. The third-order valence-electron chi connectivity index (χ3n) is 3.18. The third-order valence-corrected chi connectivity index (χ3v) is 3.18. The van der Waals surface area contributed by atoms with Gasteiger partial charge in [0.05, 0.1) is 6.20 Å². The van der Waals surface area contributed by atoms with Crippen LogP contribution in [0.2, 0.25) is 0 Å². The molecule has 2 aromatic rings. The van der Waals surface area contributed by atoms with Crippen LogP contribution in [0.4, 0.5) is 0 Å². The highest BCUT2D eigenvalue weighted by atomic mass is 15.3. The quantitative estimate of drug-likeness (QED) is 0.777. The Morgan fingerprint density at radius 3 is 2.68 bits per heavy atom. The highest BCUT2D eigenvalue weighted by molar-refractivity contribution is 5.61. The Kier molecular flexibility index (Phi) is 5.10. The summed E-state index contributed by atoms with van der Waals surface area (Å²) in [5.41, 5.74) is 8.92. The average Bonchev–Trinajstić information content (AvgIpc) is 2.87. The van der Waals surface area contributed by atoms with E-state index in [1.165, 1.54) is 18.4 Å². The Morgan fingerprint density at radius 1 is 1.05 bits per heavy atom. The topological polar surface area (TPSA) is 56.7 Å². The number of aromatic nitrogens is 3. The van der Waals surface area contributed by atoms with Crippen molar-refractivity contribution in [1.82, 2.24) is 14.8 Å². The standard InChI is InChI=1S/C15H22N4/c1-13-8-14(10-17-9-13)15-11-18-19(12-15)7-5-3-2-4-6-16/h8-12H,2-7,16H2,1H3. The lowest BCUT2D eigenvalue weighted by atomic mass is 10.1. The molecule has 0 aliphatic carbocycles. The molecule has 2 aromatic heterocycles. The maximum Gasteiger partial charge on any atom is 0.0568 e. The summed E-state index contributed by atoms with van der Waals surface area (Å²) in [6.45, 7) is 3.83. The predicted octanol–water partition coefficient (Wildman–Crippen LogP) is 2.77. The second kappa shape index (κ2) is 7.04. The summed E-state index contributed by atoms with van der Waals surface area (Å²) in [5.74, 6) is 0. The lowest BCUT2D eigenvalue weighted by Crippen LogP contribution is -2.00. The van der Waals surface area contributed by atoms with Gasteiger partial charge < -0.3 is 5.73 Å². The van der Waals surface area contributed by atoms with E-state index in [1.807, 2.05) is 23.3 Å². The molecule has 0 radical (unpaired) electrons. The van der Waals surface area contributed by atoms with Crippen LogP contribution in [0.25, 0.3) is 11.1 Å². The van der Waals surface area contributed by atoms with Gasteiger partial charge in [0.15, 0.2) is 0 Å². The van der Waals surface area contributed by atoms with Gasteiger partial charge in [0.1, 0.15) is 0 Å². The van der Waals surface area contributed by atoms with E-state index in [4.69, 9.17) is 5.73 Å². The molecule has 0 atom stereocenters. The van der Waals surface area contributed by atoms with E-state index in [0.717, 1.165) is 37.1 Å². The third kappa shape index (κ3) is 4.17. The Labute approximate surface area is 114 Å². The molecule has 2 heterocycles. The van der Waals surface area contributed by atoms with Gasteiger partial charge in [-0.25, -0.2) is 0 Å². The van der Waals surface area contributed by atoms with Crippen LogP contribution >= 0.6 is 0 Å². The largest absolute Gasteiger partial charge is 0.330 e. The van der Waals surface area contributed by atoms with E-state index in [1.54, 1.807) is 0 Å². The van der Waals surface area contributed by atoms with E-state index in [-0.39, 0.29) is 0 Å². The summed E-state index contributed by atoms with van der Waals surface area (Å²) >= 11 is 0. The van der Waals surface area contributed by atoms with Gasteiger partial charge in [-0.2, -0.15) is 5.10 Å². The van der Waals surface area contributed by atoms with Crippen LogP contribution in [-0.4, -0.2) is 21.3 Å². The molecule has 4 nitrogen and oxygen atoms in total. The molecule has 0 fully saturated rings. The number of unbranched alkanes of at least 4 members (excludes halogenated alkanes) is 3. The molecule has 102 valence electrons. The number of pyridine rings is 1. The molecule has 2 N–H and O–H groups in total. The first-order valence-electron chi connectivity index (χ1n) is 6.94. The summed E-state index contributed by atoms with van der Waals surface area (Å²) in [6, 6.07) is 2.13. The summed E-state index contributed by atoms with van der Waals surface area (Å²) < 4.78 is 2.01. The van der Waals surface area contributed by atoms with Crippen molar-refractivity contribution in [2.24, 2.45) is 5.73 Å². The second-order valence-corrected chi connectivity index (χ2v) is 4.95. The Balaban J connectivity index is 1.88. The summed E-state index contributed by atoms with van der Waals surface area (Å²) in [7, 11) is 0. The minimum Gasteiger partial charge on any atom is -0.330 e. The minimum absolute atomic E-state index is 0.798. The molecule has 2 rings (SSSR count). The number of hydrogen-bond donors (Lipinski definition) is 1. The number of hydrogen-bond acceptors (Lipinski definition) is 3. The zero-order chi connectivity index (χ0) is 13.5. The van der Waals surface area contributed by atoms with Crippen LogP contribution in [0, 0.1) is 6.92 Å². The number of rotatable bonds is 7. The SMILES string of the molecule is Cc1cncc(-c2cnn(CCCCCCN)c2)c1. The van der Waals surface area contributed by atoms with Crippen LogP contribution in [0.3, 0.4) is 0 Å². The smallest absolute Gasteiger partial charge is 0.0568 e. The molecule has 4 heteroatoms. The van der Waals surface area contributed by atoms with E-state index in [2.05, 4.69) is 29.3 Å². The summed E-state index contributed by atoms with van der Waals surface area (Å²) in [4.78, 5) is 4.22. The van der Waals surface area contributed by atoms with Crippen molar-refractivity contribution in [3.8, 4) is 11.1 Å². The number of aryl methyl sites for hydroxylation is 2. The molecule has 0 aromatic carbocycles. The van der Waals surface area contributed by atoms with Gasteiger partial charge in [-0.15, -0.1) is 0 Å². The molecule has 19 heavy (non-hydrogen) atoms. The van der Waals surface area contributed by atoms with Crippen molar-refractivity contribution in [3.05, 3.63) is 36.4 Å². The zero-order valence-corrected chi connectivity index (χ0v) is 11.5. The van der Waals surface area contributed by atoms with Crippen LogP contribution < -0.4 is 5.73 Å². The van der Waals surface area contributed by atoms with Gasteiger partial charge in [0.2, 0.25) is 0 Å². The highest BCUT2D eigenvalue weighted by Crippen LogP contribution is 2.18. The molecule has 0 saturated carbocycles. The van der Waals surface area contributed by atoms with Crippen molar-refractivity contribution >= 4 is 0 Å². The van der Waals surface area contributed by atoms with E-state index in [0.29, 0.717) is 0 Å². The van der Waals surface area contributed by atoms with Gasteiger partial charge in [0, 0.05) is 36.3 Å². The predicted molar refractivity (Wildman–Crippen MR) is 77.7 cm³/mol. The van der Waals surface area contributed by atoms with E-state index in [9.17, 15) is 0 Å². The first kappa shape index (κ1) is 13.7. The van der Waals surface area contributed by atoms with Gasteiger partial charge >= 0.3 is 0 Å². The second-order valence-electron chi connectivity index (χ2n) is 4.95. The van der Waals surface area contributed by atoms with Crippen LogP contribution in [-0.2, 0) is 6.54 Å². The molecule has 0 saturated heterocycles. The van der Waals surface area contributed by atoms with Crippen LogP contribution in [0.15, 0.2) is 30.9 Å². The molecule has 0 aliphatic rings. The number of nitrogens with two attached hydrogens (primary N) is 1. The zero-order valence-electron chi connectivity index (χ0n) is 11.5. The van der Waals surface area contributed by atoms with E-state index < -0.39 is 0 Å². The van der Waals surface area contributed by atoms with Crippen molar-refractivity contribution < 1.29 is 0 Å². The van der Waals surface area contributed by atoms with Crippen molar-refractivity contribution in [2.75, 3.05) is 6.54 Å². The van der Waals surface area contributed by atoms with Crippen molar-refractivity contribution in [1.29, 1.82) is 0 Å². The maximum atomic E-state index is 5.48. The lowest BCUT2D eigenvalue weighted by Gasteiger charge is -2.01. The lowest BCUT2D eigenvalue weighted by molar-refractivity contribution is 0.537. The molecule has 0 spiro atoms. The molecular formula is C15H22N4. The Hall–Kier alpha value is -1.68. The normalized spacial score (nSPS) is 10.8.